The van der Waals surface area contributed by atoms with E-state index in [-0.39, 0.29) is 24.1 Å². The third-order valence-corrected chi connectivity index (χ3v) is 7.96. The molecule has 0 bridgehead atoms. The van der Waals surface area contributed by atoms with Gasteiger partial charge in [-0.15, -0.1) is 0 Å². The number of nitrogens with zero attached hydrogens (tertiary/aromatic N) is 1. The van der Waals surface area contributed by atoms with Crippen LogP contribution in [0.15, 0.2) is 23.0 Å². The molecule has 12 heteroatoms. The predicted molar refractivity (Wildman–Crippen MR) is 132 cm³/mol. The maximum Gasteiger partial charge on any atom is 0.417 e. The van der Waals surface area contributed by atoms with Gasteiger partial charge in [0, 0.05) is 24.5 Å². The zero-order chi connectivity index (χ0) is 29.2. The van der Waals surface area contributed by atoms with E-state index in [1.54, 1.807) is 11.9 Å². The van der Waals surface area contributed by atoms with Crippen molar-refractivity contribution in [3.05, 3.63) is 45.2 Å². The number of carbonyl (C=O) groups excluding carboxylic acids is 3. The van der Waals surface area contributed by atoms with Gasteiger partial charge in [0.1, 0.15) is 22.8 Å². The minimum absolute atomic E-state index is 0.130. The van der Waals surface area contributed by atoms with Gasteiger partial charge in [0.2, 0.25) is 5.78 Å². The van der Waals surface area contributed by atoms with Crippen molar-refractivity contribution < 1.29 is 48.0 Å². The average molecular weight is 553 g/mol. The lowest BCUT2D eigenvalue weighted by Crippen LogP contribution is -2.58. The summed E-state index contributed by atoms with van der Waals surface area (Å²) in [5, 5.41) is 43.7. The van der Waals surface area contributed by atoms with Crippen LogP contribution in [0.1, 0.15) is 55.4 Å². The SMILES string of the molecule is CC(C)CCN(C)Cc1cc(O)c2c(c1C(F)(F)F)CC1C[C@H]3CC(=O)C(C(N)=O)=C(O)[C@@]3(O)C(=O)C1=C2O. The number of hydrogen-bond acceptors (Lipinski definition) is 8. The Labute approximate surface area is 222 Å². The predicted octanol–water partition coefficient (Wildman–Crippen LogP) is 2.92. The molecule has 39 heavy (non-hydrogen) atoms. The second kappa shape index (κ2) is 9.67. The van der Waals surface area contributed by atoms with E-state index in [0.29, 0.717) is 12.5 Å². The summed E-state index contributed by atoms with van der Waals surface area (Å²) in [4.78, 5) is 39.4. The van der Waals surface area contributed by atoms with Crippen molar-refractivity contribution in [3.63, 3.8) is 0 Å². The lowest BCUT2D eigenvalue weighted by Gasteiger charge is -2.46. The molecule has 0 aliphatic heterocycles. The van der Waals surface area contributed by atoms with Crippen molar-refractivity contribution in [1.82, 2.24) is 4.90 Å². The first-order valence-electron chi connectivity index (χ1n) is 12.6. The number of rotatable bonds is 6. The standard InChI is InChI=1S/C27H31F3N2O7/c1-11(2)4-5-32(3)10-13-8-16(33)19-15(21(13)27(28,29)30)7-12-6-14-9-17(34)20(25(31)38)24(37)26(14,39)23(36)18(12)22(19)35/h8,11-12,14,33,35,37,39H,4-7,9-10H2,1-3H3,(H2,31,38)/t12?,14-,26-/m0/s1. The van der Waals surface area contributed by atoms with Crippen LogP contribution in [0, 0.1) is 17.8 Å². The quantitative estimate of drug-likeness (QED) is 0.337. The Morgan fingerprint density at radius 1 is 1.21 bits per heavy atom. The number of ketones is 2. The smallest absolute Gasteiger partial charge is 0.417 e. The molecule has 0 radical (unpaired) electrons. The van der Waals surface area contributed by atoms with Crippen molar-refractivity contribution in [2.45, 2.75) is 57.9 Å². The van der Waals surface area contributed by atoms with E-state index in [9.17, 15) is 48.0 Å². The number of benzene rings is 1. The minimum atomic E-state index is -4.86. The summed E-state index contributed by atoms with van der Waals surface area (Å²) < 4.78 is 43.4. The Balaban J connectivity index is 1.87. The van der Waals surface area contributed by atoms with Crippen LogP contribution < -0.4 is 5.73 Å². The van der Waals surface area contributed by atoms with Crippen LogP contribution >= 0.6 is 0 Å². The van der Waals surface area contributed by atoms with E-state index in [2.05, 4.69) is 0 Å². The Morgan fingerprint density at radius 2 is 1.85 bits per heavy atom. The minimum Gasteiger partial charge on any atom is -0.508 e. The van der Waals surface area contributed by atoms with Gasteiger partial charge in [0.15, 0.2) is 11.4 Å². The molecule has 6 N–H and O–H groups in total. The molecule has 3 atom stereocenters. The number of aliphatic hydroxyl groups excluding tert-OH is 2. The average Bonchev–Trinajstić information content (AvgIpc) is 2.78. The summed E-state index contributed by atoms with van der Waals surface area (Å²) >= 11 is 0. The number of alkyl halides is 3. The lowest BCUT2D eigenvalue weighted by atomic mass is 9.59. The number of primary amides is 1. The summed E-state index contributed by atoms with van der Waals surface area (Å²) in [6.45, 7) is 4.36. The Bertz CT molecular complexity index is 1330. The van der Waals surface area contributed by atoms with Crippen LogP contribution in [0.5, 0.6) is 5.75 Å². The van der Waals surface area contributed by atoms with E-state index >= 15 is 0 Å². The van der Waals surface area contributed by atoms with Crippen LogP contribution in [-0.4, -0.2) is 62.0 Å². The molecule has 3 aliphatic rings. The molecule has 4 rings (SSSR count). The molecule has 1 unspecified atom stereocenters. The van der Waals surface area contributed by atoms with Gasteiger partial charge >= 0.3 is 6.18 Å². The first-order chi connectivity index (χ1) is 18.0. The maximum atomic E-state index is 14.5. The molecule has 0 aromatic heterocycles. The number of amides is 1. The lowest BCUT2D eigenvalue weighted by molar-refractivity contribution is -0.147. The van der Waals surface area contributed by atoms with E-state index in [4.69, 9.17) is 5.73 Å². The first-order valence-corrected chi connectivity index (χ1v) is 12.6. The molecule has 1 aromatic rings. The zero-order valence-corrected chi connectivity index (χ0v) is 21.7. The number of phenols is 1. The number of aliphatic hydroxyl groups is 3. The zero-order valence-electron chi connectivity index (χ0n) is 21.7. The number of fused-ring (bicyclic) bond motifs is 3. The summed E-state index contributed by atoms with van der Waals surface area (Å²) in [5.41, 5.74) is -1.25. The monoisotopic (exact) mass is 552 g/mol. The normalized spacial score (nSPS) is 25.3. The topological polar surface area (TPSA) is 161 Å². The highest BCUT2D eigenvalue weighted by molar-refractivity contribution is 6.22. The number of aromatic hydroxyl groups is 1. The second-order valence-corrected chi connectivity index (χ2v) is 11.1. The molecule has 3 aliphatic carbocycles. The molecule has 0 saturated heterocycles. The number of carbonyl (C=O) groups is 3. The molecule has 1 aromatic carbocycles. The molecular weight excluding hydrogens is 521 g/mol. The van der Waals surface area contributed by atoms with Crippen molar-refractivity contribution in [2.75, 3.05) is 13.6 Å². The van der Waals surface area contributed by atoms with Gasteiger partial charge in [-0.05, 0) is 61.9 Å². The third kappa shape index (κ3) is 4.59. The van der Waals surface area contributed by atoms with Crippen LogP contribution in [-0.2, 0) is 33.5 Å². The molecule has 1 fully saturated rings. The van der Waals surface area contributed by atoms with Crippen molar-refractivity contribution in [1.29, 1.82) is 0 Å². The van der Waals surface area contributed by atoms with E-state index in [1.807, 2.05) is 13.8 Å². The Hall–Kier alpha value is -3.38. The highest BCUT2D eigenvalue weighted by atomic mass is 19.4. The van der Waals surface area contributed by atoms with Gasteiger partial charge < -0.3 is 31.1 Å². The van der Waals surface area contributed by atoms with E-state index in [1.165, 1.54) is 0 Å². The van der Waals surface area contributed by atoms with Crippen LogP contribution in [0.4, 0.5) is 13.2 Å². The van der Waals surface area contributed by atoms with Crippen LogP contribution in [0.2, 0.25) is 0 Å². The summed E-state index contributed by atoms with van der Waals surface area (Å²) in [6, 6.07) is 0.914. The first kappa shape index (κ1) is 28.6. The van der Waals surface area contributed by atoms with Gasteiger partial charge in [-0.1, -0.05) is 13.8 Å². The van der Waals surface area contributed by atoms with Gasteiger partial charge in [-0.25, -0.2) is 0 Å². The maximum absolute atomic E-state index is 14.5. The summed E-state index contributed by atoms with van der Waals surface area (Å²) in [5.74, 6) is -8.39. The summed E-state index contributed by atoms with van der Waals surface area (Å²) in [7, 11) is 1.66. The third-order valence-electron chi connectivity index (χ3n) is 7.96. The number of Topliss-reactive ketones (excluding diaryl/α,β-unsaturated/α-hetero) is 2. The molecule has 1 amide bonds. The molecule has 212 valence electrons. The molecule has 1 saturated carbocycles. The number of halogens is 3. The van der Waals surface area contributed by atoms with Gasteiger partial charge in [-0.2, -0.15) is 13.2 Å². The fraction of sp³-hybridized carbons (Fsp3) is 0.519. The molecule has 0 heterocycles. The fourth-order valence-electron chi connectivity index (χ4n) is 6.09. The Morgan fingerprint density at radius 3 is 2.41 bits per heavy atom. The number of phenolic OH excluding ortho intramolecular Hbond substituents is 1. The fourth-order valence-corrected chi connectivity index (χ4v) is 6.09. The van der Waals surface area contributed by atoms with Gasteiger partial charge in [0.25, 0.3) is 5.91 Å². The van der Waals surface area contributed by atoms with Crippen molar-refractivity contribution >= 4 is 23.2 Å². The van der Waals surface area contributed by atoms with Crippen molar-refractivity contribution in [3.8, 4) is 5.75 Å². The van der Waals surface area contributed by atoms with Crippen LogP contribution in [0.3, 0.4) is 0 Å². The Kier molecular flexibility index (Phi) is 7.10. The van der Waals surface area contributed by atoms with E-state index < -0.39 is 93.5 Å². The van der Waals surface area contributed by atoms with Crippen LogP contribution in [0.25, 0.3) is 5.76 Å². The highest BCUT2D eigenvalue weighted by Gasteiger charge is 2.60. The van der Waals surface area contributed by atoms with E-state index in [0.717, 1.165) is 12.5 Å². The summed E-state index contributed by atoms with van der Waals surface area (Å²) in [6.07, 6.45) is -5.34. The largest absolute Gasteiger partial charge is 0.508 e. The molecular formula is C27H31F3N2O7. The second-order valence-electron chi connectivity index (χ2n) is 11.1. The number of hydrogen-bond donors (Lipinski definition) is 5. The van der Waals surface area contributed by atoms with Crippen molar-refractivity contribution in [2.24, 2.45) is 23.5 Å². The molecule has 0 spiro atoms. The van der Waals surface area contributed by atoms with Gasteiger partial charge in [0.05, 0.1) is 11.1 Å². The number of nitrogens with two attached hydrogens (primary N) is 1. The molecule has 9 nitrogen and oxygen atoms in total. The van der Waals surface area contributed by atoms with Gasteiger partial charge in [-0.3, -0.25) is 14.4 Å². The highest BCUT2D eigenvalue weighted by Crippen LogP contribution is 2.54.